The van der Waals surface area contributed by atoms with Gasteiger partial charge in [-0.05, 0) is 13.3 Å². The summed E-state index contributed by atoms with van der Waals surface area (Å²) in [5.41, 5.74) is 5.64. The minimum atomic E-state index is 0.277. The summed E-state index contributed by atoms with van der Waals surface area (Å²) in [6.07, 6.45) is 1.34. The van der Waals surface area contributed by atoms with Crippen molar-refractivity contribution in [2.75, 3.05) is 24.7 Å². The van der Waals surface area contributed by atoms with Crippen LogP contribution in [0.1, 0.15) is 13.3 Å². The van der Waals surface area contributed by atoms with Crippen LogP contribution in [0.3, 0.4) is 0 Å². The molecule has 0 aliphatic carbocycles. The molecule has 2 unspecified atom stereocenters. The Kier molecular flexibility index (Phi) is 3.50. The standard InChI is InChI=1S/C10H16N4OS/c1-6-7(3-4-15-6)16-9-5-8(12-2)13-10(11)14-9/h5-7H,3-4H2,1-2H3,(H3,11,12,13,14). The maximum atomic E-state index is 5.64. The Hall–Kier alpha value is -1.01. The van der Waals surface area contributed by atoms with Crippen molar-refractivity contribution in [3.8, 4) is 0 Å². The van der Waals surface area contributed by atoms with Gasteiger partial charge in [-0.2, -0.15) is 4.98 Å². The Morgan fingerprint density at radius 1 is 1.56 bits per heavy atom. The molecular weight excluding hydrogens is 224 g/mol. The molecule has 0 saturated carbocycles. The van der Waals surface area contributed by atoms with E-state index in [1.807, 2.05) is 13.1 Å². The van der Waals surface area contributed by atoms with Crippen LogP contribution < -0.4 is 11.1 Å². The van der Waals surface area contributed by atoms with E-state index in [-0.39, 0.29) is 6.10 Å². The molecule has 1 fully saturated rings. The Balaban J connectivity index is 2.11. The molecule has 1 aromatic rings. The molecule has 1 saturated heterocycles. The zero-order valence-electron chi connectivity index (χ0n) is 9.43. The van der Waals surface area contributed by atoms with Crippen molar-refractivity contribution in [2.24, 2.45) is 0 Å². The fourth-order valence-electron chi connectivity index (χ4n) is 1.65. The van der Waals surface area contributed by atoms with Gasteiger partial charge in [0.1, 0.15) is 10.8 Å². The van der Waals surface area contributed by atoms with Crippen molar-refractivity contribution in [2.45, 2.75) is 29.7 Å². The lowest BCUT2D eigenvalue weighted by Gasteiger charge is -2.13. The van der Waals surface area contributed by atoms with Gasteiger partial charge in [0, 0.05) is 25.0 Å². The van der Waals surface area contributed by atoms with Crippen molar-refractivity contribution in [1.29, 1.82) is 0 Å². The molecular formula is C10H16N4OS. The topological polar surface area (TPSA) is 73.1 Å². The molecule has 1 aliphatic rings. The molecule has 0 bridgehead atoms. The second-order valence-corrected chi connectivity index (χ2v) is 4.98. The number of hydrogen-bond donors (Lipinski definition) is 2. The first-order chi connectivity index (χ1) is 7.69. The molecule has 1 aliphatic heterocycles. The van der Waals surface area contributed by atoms with Crippen LogP contribution in [0.25, 0.3) is 0 Å². The first kappa shape index (κ1) is 11.5. The van der Waals surface area contributed by atoms with E-state index in [0.29, 0.717) is 11.2 Å². The third-order valence-corrected chi connectivity index (χ3v) is 3.93. The third-order valence-electron chi connectivity index (χ3n) is 2.55. The van der Waals surface area contributed by atoms with E-state index in [0.717, 1.165) is 23.9 Å². The number of nitrogen functional groups attached to an aromatic ring is 1. The Labute approximate surface area is 99.2 Å². The number of nitrogens with one attached hydrogen (secondary N) is 1. The van der Waals surface area contributed by atoms with Crippen LogP contribution in [0.15, 0.2) is 11.1 Å². The molecule has 88 valence electrons. The monoisotopic (exact) mass is 240 g/mol. The van der Waals surface area contributed by atoms with E-state index in [1.165, 1.54) is 0 Å². The van der Waals surface area contributed by atoms with Crippen molar-refractivity contribution >= 4 is 23.5 Å². The summed E-state index contributed by atoms with van der Waals surface area (Å²) in [6.45, 7) is 2.92. The van der Waals surface area contributed by atoms with Crippen LogP contribution in [-0.4, -0.2) is 35.0 Å². The predicted octanol–water partition coefficient (Wildman–Crippen LogP) is 1.37. The third kappa shape index (κ3) is 2.56. The molecule has 5 nitrogen and oxygen atoms in total. The number of anilines is 2. The second kappa shape index (κ2) is 4.88. The van der Waals surface area contributed by atoms with E-state index in [4.69, 9.17) is 10.5 Å². The number of nitrogens with two attached hydrogens (primary N) is 1. The fraction of sp³-hybridized carbons (Fsp3) is 0.600. The SMILES string of the molecule is CNc1cc(SC2CCOC2C)nc(N)n1. The van der Waals surface area contributed by atoms with Crippen molar-refractivity contribution in [3.63, 3.8) is 0 Å². The number of ether oxygens (including phenoxy) is 1. The summed E-state index contributed by atoms with van der Waals surface area (Å²) in [4.78, 5) is 8.27. The zero-order chi connectivity index (χ0) is 11.5. The molecule has 2 heterocycles. The van der Waals surface area contributed by atoms with Crippen LogP contribution in [0, 0.1) is 0 Å². The molecule has 2 rings (SSSR count). The highest BCUT2D eigenvalue weighted by Crippen LogP contribution is 2.32. The minimum absolute atomic E-state index is 0.277. The van der Waals surface area contributed by atoms with E-state index < -0.39 is 0 Å². The first-order valence-electron chi connectivity index (χ1n) is 5.29. The average Bonchev–Trinajstić information content (AvgIpc) is 2.63. The smallest absolute Gasteiger partial charge is 0.223 e. The normalized spacial score (nSPS) is 24.6. The molecule has 2 atom stereocenters. The predicted molar refractivity (Wildman–Crippen MR) is 65.7 cm³/mol. The number of hydrogen-bond acceptors (Lipinski definition) is 6. The van der Waals surface area contributed by atoms with Gasteiger partial charge < -0.3 is 15.8 Å². The van der Waals surface area contributed by atoms with Gasteiger partial charge in [-0.25, -0.2) is 4.98 Å². The summed E-state index contributed by atoms with van der Waals surface area (Å²) in [6, 6.07) is 1.91. The van der Waals surface area contributed by atoms with Crippen LogP contribution in [0.4, 0.5) is 11.8 Å². The minimum Gasteiger partial charge on any atom is -0.377 e. The highest BCUT2D eigenvalue weighted by Gasteiger charge is 2.25. The van der Waals surface area contributed by atoms with E-state index in [2.05, 4.69) is 22.2 Å². The molecule has 16 heavy (non-hydrogen) atoms. The lowest BCUT2D eigenvalue weighted by molar-refractivity contribution is 0.127. The van der Waals surface area contributed by atoms with Crippen LogP contribution >= 0.6 is 11.8 Å². The first-order valence-corrected chi connectivity index (χ1v) is 6.17. The number of rotatable bonds is 3. The van der Waals surface area contributed by atoms with Gasteiger partial charge >= 0.3 is 0 Å². The van der Waals surface area contributed by atoms with Gasteiger partial charge in [-0.3, -0.25) is 0 Å². The number of aromatic nitrogens is 2. The van der Waals surface area contributed by atoms with Gasteiger partial charge in [-0.15, -0.1) is 0 Å². The molecule has 6 heteroatoms. The quantitative estimate of drug-likeness (QED) is 0.777. The molecule has 1 aromatic heterocycles. The van der Waals surface area contributed by atoms with E-state index in [9.17, 15) is 0 Å². The number of thioether (sulfide) groups is 1. The summed E-state index contributed by atoms with van der Waals surface area (Å²) in [5.74, 6) is 1.06. The summed E-state index contributed by atoms with van der Waals surface area (Å²) < 4.78 is 5.51. The fourth-order valence-corrected chi connectivity index (χ4v) is 2.77. The van der Waals surface area contributed by atoms with Crippen LogP contribution in [0.5, 0.6) is 0 Å². The number of nitrogens with zero attached hydrogens (tertiary/aromatic N) is 2. The molecule has 0 aromatic carbocycles. The van der Waals surface area contributed by atoms with Gasteiger partial charge in [0.2, 0.25) is 5.95 Å². The highest BCUT2D eigenvalue weighted by atomic mass is 32.2. The van der Waals surface area contributed by atoms with E-state index in [1.54, 1.807) is 11.8 Å². The summed E-state index contributed by atoms with van der Waals surface area (Å²) in [5, 5.41) is 4.33. The maximum absolute atomic E-state index is 5.64. The lowest BCUT2D eigenvalue weighted by atomic mass is 10.3. The Morgan fingerprint density at radius 3 is 3.00 bits per heavy atom. The van der Waals surface area contributed by atoms with Crippen LogP contribution in [0.2, 0.25) is 0 Å². The summed E-state index contributed by atoms with van der Waals surface area (Å²) in [7, 11) is 1.82. The largest absolute Gasteiger partial charge is 0.377 e. The van der Waals surface area contributed by atoms with E-state index >= 15 is 0 Å². The molecule has 3 N–H and O–H groups in total. The van der Waals surface area contributed by atoms with Crippen molar-refractivity contribution in [1.82, 2.24) is 9.97 Å². The van der Waals surface area contributed by atoms with Gasteiger partial charge in [0.25, 0.3) is 0 Å². The molecule has 0 amide bonds. The Bertz CT molecular complexity index is 374. The second-order valence-electron chi connectivity index (χ2n) is 3.72. The summed E-state index contributed by atoms with van der Waals surface area (Å²) >= 11 is 1.71. The average molecular weight is 240 g/mol. The van der Waals surface area contributed by atoms with Crippen LogP contribution in [-0.2, 0) is 4.74 Å². The maximum Gasteiger partial charge on any atom is 0.223 e. The molecule has 0 spiro atoms. The van der Waals surface area contributed by atoms with Gasteiger partial charge in [-0.1, -0.05) is 11.8 Å². The van der Waals surface area contributed by atoms with Gasteiger partial charge in [0.15, 0.2) is 0 Å². The lowest BCUT2D eigenvalue weighted by Crippen LogP contribution is -2.13. The molecule has 0 radical (unpaired) electrons. The van der Waals surface area contributed by atoms with Crippen molar-refractivity contribution in [3.05, 3.63) is 6.07 Å². The van der Waals surface area contributed by atoms with Crippen molar-refractivity contribution < 1.29 is 4.74 Å². The Morgan fingerprint density at radius 2 is 2.38 bits per heavy atom. The zero-order valence-corrected chi connectivity index (χ0v) is 10.3. The van der Waals surface area contributed by atoms with Gasteiger partial charge in [0.05, 0.1) is 6.10 Å². The highest BCUT2D eigenvalue weighted by molar-refractivity contribution is 7.99.